The zero-order chi connectivity index (χ0) is 13.3. The molecule has 0 saturated heterocycles. The molecule has 18 heavy (non-hydrogen) atoms. The fraction of sp³-hybridized carbons (Fsp3) is 0.385. The van der Waals surface area contributed by atoms with Gasteiger partial charge in [0.2, 0.25) is 5.91 Å². The topological polar surface area (TPSA) is 55.4 Å². The summed E-state index contributed by atoms with van der Waals surface area (Å²) < 4.78 is 5.12. The molecule has 1 aliphatic rings. The molecule has 0 spiro atoms. The largest absolute Gasteiger partial charge is 0.459 e. The van der Waals surface area contributed by atoms with Gasteiger partial charge in [-0.2, -0.15) is 0 Å². The molecule has 1 aromatic rings. The number of hydrogen-bond acceptors (Lipinski definition) is 4. The minimum atomic E-state index is -0.370. The van der Waals surface area contributed by atoms with Gasteiger partial charge in [0.05, 0.1) is 22.6 Å². The number of rotatable bonds is 2. The summed E-state index contributed by atoms with van der Waals surface area (Å²) in [5, 5.41) is 2.69. The molecule has 4 nitrogen and oxygen atoms in total. The second-order valence-corrected chi connectivity index (χ2v) is 5.80. The Labute approximate surface area is 110 Å². The van der Waals surface area contributed by atoms with E-state index in [4.69, 9.17) is 4.74 Å². The molecule has 1 atom stereocenters. The lowest BCUT2D eigenvalue weighted by atomic mass is 10.2. The first-order valence-corrected chi connectivity index (χ1v) is 6.68. The van der Waals surface area contributed by atoms with E-state index in [2.05, 4.69) is 5.32 Å². The van der Waals surface area contributed by atoms with Crippen molar-refractivity contribution in [2.24, 2.45) is 0 Å². The molecule has 1 aliphatic heterocycles. The number of hydrogen-bond donors (Lipinski definition) is 1. The van der Waals surface area contributed by atoms with Crippen molar-refractivity contribution in [3.8, 4) is 0 Å². The van der Waals surface area contributed by atoms with Gasteiger partial charge in [-0.1, -0.05) is 0 Å². The van der Waals surface area contributed by atoms with E-state index >= 15 is 0 Å². The van der Waals surface area contributed by atoms with Gasteiger partial charge >= 0.3 is 5.97 Å². The van der Waals surface area contributed by atoms with Crippen LogP contribution in [-0.4, -0.2) is 23.2 Å². The molecular formula is C13H15NO3S. The summed E-state index contributed by atoms with van der Waals surface area (Å²) in [5.41, 5.74) is 1.14. The van der Waals surface area contributed by atoms with Gasteiger partial charge < -0.3 is 10.1 Å². The number of nitrogens with one attached hydrogen (secondary N) is 1. The van der Waals surface area contributed by atoms with Gasteiger partial charge in [-0.05, 0) is 39.0 Å². The Balaban J connectivity index is 2.25. The standard InChI is InChI=1S/C13H15NO3S/c1-7(2)17-13(16)9-4-5-11-10(6-9)14-12(15)8(3)18-11/h4-8H,1-3H3,(H,14,15)/t8-/m1/s1. The number of anilines is 1. The quantitative estimate of drug-likeness (QED) is 0.835. The second-order valence-electron chi connectivity index (χ2n) is 4.41. The lowest BCUT2D eigenvalue weighted by Crippen LogP contribution is -2.26. The molecule has 0 unspecified atom stereocenters. The van der Waals surface area contributed by atoms with Gasteiger partial charge in [-0.3, -0.25) is 4.79 Å². The van der Waals surface area contributed by atoms with Crippen LogP contribution in [0.1, 0.15) is 31.1 Å². The number of amides is 1. The Bertz CT molecular complexity index is 499. The Hall–Kier alpha value is -1.49. The van der Waals surface area contributed by atoms with Gasteiger partial charge in [-0.15, -0.1) is 11.8 Å². The van der Waals surface area contributed by atoms with Crippen molar-refractivity contribution in [3.63, 3.8) is 0 Å². The van der Waals surface area contributed by atoms with Crippen molar-refractivity contribution in [1.82, 2.24) is 0 Å². The zero-order valence-electron chi connectivity index (χ0n) is 10.5. The molecule has 0 radical (unpaired) electrons. The number of thioether (sulfide) groups is 1. The van der Waals surface area contributed by atoms with E-state index in [1.807, 2.05) is 13.0 Å². The Morgan fingerprint density at radius 3 is 2.83 bits per heavy atom. The molecule has 1 heterocycles. The molecule has 1 N–H and O–H groups in total. The Morgan fingerprint density at radius 1 is 1.44 bits per heavy atom. The van der Waals surface area contributed by atoms with E-state index in [0.717, 1.165) is 4.90 Å². The van der Waals surface area contributed by atoms with Crippen LogP contribution < -0.4 is 5.32 Å². The molecular weight excluding hydrogens is 250 g/mol. The van der Waals surface area contributed by atoms with Crippen LogP contribution in [0.3, 0.4) is 0 Å². The Kier molecular flexibility index (Phi) is 3.61. The van der Waals surface area contributed by atoms with E-state index < -0.39 is 0 Å². The normalized spacial score (nSPS) is 18.2. The molecule has 1 amide bonds. The molecule has 5 heteroatoms. The van der Waals surface area contributed by atoms with Gasteiger partial charge in [0, 0.05) is 4.90 Å². The van der Waals surface area contributed by atoms with Crippen LogP contribution in [0.2, 0.25) is 0 Å². The third-order valence-electron chi connectivity index (χ3n) is 2.49. The van der Waals surface area contributed by atoms with Crippen LogP contribution in [0.15, 0.2) is 23.1 Å². The van der Waals surface area contributed by atoms with Crippen LogP contribution in [0, 0.1) is 0 Å². The van der Waals surface area contributed by atoms with Crippen LogP contribution in [-0.2, 0) is 9.53 Å². The highest BCUT2D eigenvalue weighted by Gasteiger charge is 2.24. The molecule has 1 aromatic carbocycles. The number of benzene rings is 1. The summed E-state index contributed by atoms with van der Waals surface area (Å²) in [4.78, 5) is 24.3. The monoisotopic (exact) mass is 265 g/mol. The maximum absolute atomic E-state index is 11.7. The molecule has 0 bridgehead atoms. The van der Waals surface area contributed by atoms with Gasteiger partial charge in [-0.25, -0.2) is 4.79 Å². The van der Waals surface area contributed by atoms with Gasteiger partial charge in [0.15, 0.2) is 0 Å². The zero-order valence-corrected chi connectivity index (χ0v) is 11.3. The summed E-state index contributed by atoms with van der Waals surface area (Å²) in [5.74, 6) is -0.410. The summed E-state index contributed by atoms with van der Waals surface area (Å²) in [6.07, 6.45) is -0.155. The predicted octanol–water partition coefficient (Wildman–Crippen LogP) is 2.68. The fourth-order valence-electron chi connectivity index (χ4n) is 1.62. The molecule has 0 aliphatic carbocycles. The minimum absolute atomic E-state index is 0.0399. The molecule has 0 fully saturated rings. The van der Waals surface area contributed by atoms with Gasteiger partial charge in [0.25, 0.3) is 0 Å². The number of fused-ring (bicyclic) bond motifs is 1. The highest BCUT2D eigenvalue weighted by molar-refractivity contribution is 8.00. The highest BCUT2D eigenvalue weighted by Crippen LogP contribution is 2.36. The first kappa shape index (κ1) is 13.0. The van der Waals surface area contributed by atoms with Crippen molar-refractivity contribution in [2.45, 2.75) is 37.0 Å². The number of carbonyl (C=O) groups excluding carboxylic acids is 2. The van der Waals surface area contributed by atoms with Crippen molar-refractivity contribution < 1.29 is 14.3 Å². The third-order valence-corrected chi connectivity index (χ3v) is 3.67. The van der Waals surface area contributed by atoms with Crippen molar-refractivity contribution >= 4 is 29.3 Å². The summed E-state index contributed by atoms with van der Waals surface area (Å²) in [7, 11) is 0. The van der Waals surface area contributed by atoms with Crippen molar-refractivity contribution in [3.05, 3.63) is 23.8 Å². The number of ether oxygens (including phenoxy) is 1. The van der Waals surface area contributed by atoms with Crippen molar-refractivity contribution in [2.75, 3.05) is 5.32 Å². The lowest BCUT2D eigenvalue weighted by Gasteiger charge is -2.21. The fourth-order valence-corrected chi connectivity index (χ4v) is 2.55. The molecule has 0 aromatic heterocycles. The maximum atomic E-state index is 11.7. The number of esters is 1. The highest BCUT2D eigenvalue weighted by atomic mass is 32.2. The molecule has 96 valence electrons. The van der Waals surface area contributed by atoms with Crippen LogP contribution in [0.25, 0.3) is 0 Å². The van der Waals surface area contributed by atoms with E-state index in [9.17, 15) is 9.59 Å². The smallest absolute Gasteiger partial charge is 0.338 e. The van der Waals surface area contributed by atoms with Crippen LogP contribution in [0.5, 0.6) is 0 Å². The minimum Gasteiger partial charge on any atom is -0.459 e. The molecule has 2 rings (SSSR count). The van der Waals surface area contributed by atoms with Gasteiger partial charge in [0.1, 0.15) is 0 Å². The Morgan fingerprint density at radius 2 is 2.17 bits per heavy atom. The number of carbonyl (C=O) groups is 2. The van der Waals surface area contributed by atoms with E-state index in [0.29, 0.717) is 11.3 Å². The lowest BCUT2D eigenvalue weighted by molar-refractivity contribution is -0.115. The maximum Gasteiger partial charge on any atom is 0.338 e. The summed E-state index contributed by atoms with van der Waals surface area (Å²) in [6.45, 7) is 5.45. The van der Waals surface area contributed by atoms with E-state index in [1.165, 1.54) is 11.8 Å². The first-order chi connectivity index (χ1) is 8.47. The first-order valence-electron chi connectivity index (χ1n) is 5.80. The van der Waals surface area contributed by atoms with E-state index in [-0.39, 0.29) is 23.2 Å². The average Bonchev–Trinajstić information content (AvgIpc) is 2.29. The predicted molar refractivity (Wildman–Crippen MR) is 70.9 cm³/mol. The van der Waals surface area contributed by atoms with Crippen LogP contribution >= 0.6 is 11.8 Å². The SMILES string of the molecule is CC(C)OC(=O)c1ccc2c(c1)NC(=O)[C@@H](C)S2. The summed E-state index contributed by atoms with van der Waals surface area (Å²) >= 11 is 1.49. The van der Waals surface area contributed by atoms with Crippen molar-refractivity contribution in [1.29, 1.82) is 0 Å². The average molecular weight is 265 g/mol. The third kappa shape index (κ3) is 2.67. The molecule has 0 saturated carbocycles. The second kappa shape index (κ2) is 5.02. The van der Waals surface area contributed by atoms with E-state index in [1.54, 1.807) is 26.0 Å². The van der Waals surface area contributed by atoms with Crippen LogP contribution in [0.4, 0.5) is 5.69 Å². The summed E-state index contributed by atoms with van der Waals surface area (Å²) in [6, 6.07) is 5.23.